The number of aliphatic hydroxyl groups is 15. The zero-order valence-corrected chi connectivity index (χ0v) is 49.8. The predicted octanol–water partition coefficient (Wildman–Crippen LogP) is -2.54. The SMILES string of the molecule is C[C@H]1OC(O[C@H]2[C@H](O)[C@@H](O)[C@@H](OC[C@@H]3O[C@@H](OC(=O)[C@]45CCC(C)(C)CC4C4=CCC6[C@@]7(C)CC[C@H](OC8OC[C@@H](O)[C@@H](O)[C@@H]8OC8O[C@H](C)[C@@H](O)[C@H](O)[C@@H]8O)[C@@](C)(CO)C7CC[C@@]6(C)[C@]4(C)CC5)[C@@H](O)[C@H](O)[C@H]3O)O[C@@H]2CO)[C@@H](O)[C@@H](O)[C@@H]1O. The summed E-state index contributed by atoms with van der Waals surface area (Å²) in [6.07, 6.45) is -29.6. The van der Waals surface area contributed by atoms with Gasteiger partial charge in [-0.15, -0.1) is 0 Å². The zero-order chi connectivity index (χ0) is 62.0. The second-order valence-corrected chi connectivity index (χ2v) is 28.5. The molecule has 10 aliphatic rings. The molecule has 5 aliphatic heterocycles. The number of hydrogen-bond donors (Lipinski definition) is 15. The van der Waals surface area contributed by atoms with Crippen molar-refractivity contribution in [1.82, 2.24) is 0 Å². The number of fused-ring (bicyclic) bond motifs is 7. The summed E-state index contributed by atoms with van der Waals surface area (Å²) >= 11 is 0. The number of ether oxygens (including phenoxy) is 10. The van der Waals surface area contributed by atoms with Gasteiger partial charge in [0, 0.05) is 5.41 Å². The van der Waals surface area contributed by atoms with Gasteiger partial charge in [-0.2, -0.15) is 0 Å². The van der Waals surface area contributed by atoms with Gasteiger partial charge < -0.3 is 124 Å². The van der Waals surface area contributed by atoms with Crippen LogP contribution < -0.4 is 0 Å². The number of carbonyl (C=O) groups excluding carboxylic acids is 1. The Bertz CT molecular complexity index is 2370. The molecule has 0 radical (unpaired) electrons. The summed E-state index contributed by atoms with van der Waals surface area (Å²) in [5.74, 6) is -0.861. The van der Waals surface area contributed by atoms with E-state index >= 15 is 4.79 Å². The van der Waals surface area contributed by atoms with Crippen LogP contribution in [0.5, 0.6) is 0 Å². The highest BCUT2D eigenvalue weighted by molar-refractivity contribution is 5.79. The molecular weight excluding hydrogens is 1120 g/mol. The normalized spacial score (nSPS) is 55.3. The number of rotatable bonds is 13. The van der Waals surface area contributed by atoms with E-state index in [1.54, 1.807) is 0 Å². The first kappa shape index (κ1) is 66.2. The van der Waals surface area contributed by atoms with Crippen LogP contribution in [-0.2, 0) is 52.2 Å². The molecule has 0 aromatic heterocycles. The minimum atomic E-state index is -1.90. The van der Waals surface area contributed by atoms with E-state index in [-0.39, 0.29) is 47.2 Å². The van der Waals surface area contributed by atoms with Gasteiger partial charge in [0.15, 0.2) is 25.2 Å². The van der Waals surface area contributed by atoms with Gasteiger partial charge in [-0.05, 0) is 117 Å². The summed E-state index contributed by atoms with van der Waals surface area (Å²) in [6.45, 7) is 14.3. The van der Waals surface area contributed by atoms with Crippen molar-refractivity contribution >= 4 is 5.97 Å². The Hall–Kier alpha value is -1.75. The lowest BCUT2D eigenvalue weighted by molar-refractivity contribution is -0.365. The third-order valence-corrected chi connectivity index (χ3v) is 23.2. The fourth-order valence-corrected chi connectivity index (χ4v) is 17.5. The zero-order valence-electron chi connectivity index (χ0n) is 49.8. The number of esters is 1. The van der Waals surface area contributed by atoms with Gasteiger partial charge in [-0.1, -0.05) is 53.2 Å². The van der Waals surface area contributed by atoms with E-state index < -0.39 is 189 Å². The van der Waals surface area contributed by atoms with Crippen LogP contribution in [-0.4, -0.2) is 263 Å². The van der Waals surface area contributed by atoms with Crippen molar-refractivity contribution in [2.24, 2.45) is 50.2 Å². The van der Waals surface area contributed by atoms with Crippen molar-refractivity contribution in [2.75, 3.05) is 26.4 Å². The maximum atomic E-state index is 15.2. The molecule has 0 amide bonds. The van der Waals surface area contributed by atoms with Crippen LogP contribution in [0.2, 0.25) is 0 Å². The van der Waals surface area contributed by atoms with Gasteiger partial charge in [-0.25, -0.2) is 0 Å². The molecule has 33 atom stereocenters. The maximum absolute atomic E-state index is 15.2. The molecule has 5 heterocycles. The molecular formula is C59H96O26. The Kier molecular flexibility index (Phi) is 19.0. The summed E-state index contributed by atoms with van der Waals surface area (Å²) in [6, 6.07) is 0. The van der Waals surface area contributed by atoms with E-state index in [1.807, 2.05) is 6.92 Å². The highest BCUT2D eigenvalue weighted by atomic mass is 16.8. The minimum absolute atomic E-state index is 0.0670. The van der Waals surface area contributed by atoms with Crippen LogP contribution in [0.1, 0.15) is 120 Å². The van der Waals surface area contributed by atoms with Crippen molar-refractivity contribution in [1.29, 1.82) is 0 Å². The molecule has 85 heavy (non-hydrogen) atoms. The molecule has 5 saturated heterocycles. The molecule has 6 unspecified atom stereocenters. The first-order chi connectivity index (χ1) is 39.8. The van der Waals surface area contributed by atoms with Crippen LogP contribution in [0.25, 0.3) is 0 Å². The number of allylic oxidation sites excluding steroid dienone is 2. The third-order valence-electron chi connectivity index (χ3n) is 23.2. The van der Waals surface area contributed by atoms with Gasteiger partial charge in [-0.3, -0.25) is 4.79 Å². The second-order valence-electron chi connectivity index (χ2n) is 28.5. The Morgan fingerprint density at radius 3 is 1.76 bits per heavy atom. The quantitative estimate of drug-likeness (QED) is 0.0513. The lowest BCUT2D eigenvalue weighted by Crippen LogP contribution is -2.67. The molecule has 5 aliphatic carbocycles. The molecule has 9 fully saturated rings. The van der Waals surface area contributed by atoms with Gasteiger partial charge in [0.1, 0.15) is 104 Å². The van der Waals surface area contributed by atoms with Gasteiger partial charge >= 0.3 is 5.97 Å². The standard InChI is InChI=1S/C59H96O26/c1-24-34(63)38(67)42(71)49(78-24)83-46-29(20-60)80-48(45(74)41(46)70)77-22-30-37(66)40(69)44(73)51(81-30)85-53(75)59-17-15-54(3,4)19-27(59)26-9-10-32-55(5)13-12-33(56(6,23-61)31(55)11-14-58(32,8)57(26,7)16-18-59)82-52-47(36(65)28(62)21-76-52)84-50-43(72)39(68)35(64)25(2)79-50/h9,24-25,27-52,60-74H,10-23H2,1-8H3/t24-,25-,27?,28-,29-,30+,31?,32?,33+,34-,35-,36-,37+,38+,39+,40-,41-,42+,43+,44+,45-,46-,47+,48+,49?,50?,51+,52?,55+,56+,57-,58-,59+/m1/s1. The Labute approximate surface area is 494 Å². The van der Waals surface area contributed by atoms with E-state index in [0.29, 0.717) is 51.4 Å². The van der Waals surface area contributed by atoms with Gasteiger partial charge in [0.05, 0.1) is 50.2 Å². The first-order valence-electron chi connectivity index (χ1n) is 30.6. The Morgan fingerprint density at radius 2 is 1.14 bits per heavy atom. The molecule has 0 bridgehead atoms. The lowest BCUT2D eigenvalue weighted by atomic mass is 9.33. The smallest absolute Gasteiger partial charge is 0.315 e. The van der Waals surface area contributed by atoms with E-state index in [4.69, 9.17) is 47.4 Å². The summed E-state index contributed by atoms with van der Waals surface area (Å²) in [4.78, 5) is 15.2. The molecule has 0 aromatic carbocycles. The van der Waals surface area contributed by atoms with Gasteiger partial charge in [0.25, 0.3) is 0 Å². The molecule has 4 saturated carbocycles. The van der Waals surface area contributed by atoms with Crippen molar-refractivity contribution in [3.63, 3.8) is 0 Å². The fourth-order valence-electron chi connectivity index (χ4n) is 17.5. The molecule has 26 heteroatoms. The Balaban J connectivity index is 0.833. The van der Waals surface area contributed by atoms with Crippen molar-refractivity contribution < 1.29 is 129 Å². The minimum Gasteiger partial charge on any atom is -0.432 e. The molecule has 0 spiro atoms. The van der Waals surface area contributed by atoms with E-state index in [9.17, 15) is 76.6 Å². The van der Waals surface area contributed by atoms with Gasteiger partial charge in [0.2, 0.25) is 6.29 Å². The molecule has 0 aromatic rings. The monoisotopic (exact) mass is 1220 g/mol. The van der Waals surface area contributed by atoms with Crippen molar-refractivity contribution in [3.05, 3.63) is 11.6 Å². The second kappa shape index (κ2) is 24.4. The average molecular weight is 1220 g/mol. The predicted molar refractivity (Wildman–Crippen MR) is 288 cm³/mol. The van der Waals surface area contributed by atoms with E-state index in [1.165, 1.54) is 19.4 Å². The maximum Gasteiger partial charge on any atom is 0.315 e. The van der Waals surface area contributed by atoms with E-state index in [0.717, 1.165) is 12.8 Å². The Morgan fingerprint density at radius 1 is 0.565 bits per heavy atom. The number of aliphatic hydroxyl groups excluding tert-OH is 15. The third kappa shape index (κ3) is 11.1. The molecule has 15 N–H and O–H groups in total. The fraction of sp³-hybridized carbons (Fsp3) is 0.949. The summed E-state index contributed by atoms with van der Waals surface area (Å²) in [7, 11) is 0. The van der Waals surface area contributed by atoms with E-state index in [2.05, 4.69) is 40.7 Å². The molecule has 488 valence electrons. The highest BCUT2D eigenvalue weighted by Gasteiger charge is 2.71. The van der Waals surface area contributed by atoms with Crippen LogP contribution >= 0.6 is 0 Å². The van der Waals surface area contributed by atoms with Crippen LogP contribution in [0, 0.1) is 50.2 Å². The topological polar surface area (TPSA) is 413 Å². The van der Waals surface area contributed by atoms with Crippen LogP contribution in [0.15, 0.2) is 11.6 Å². The highest BCUT2D eigenvalue weighted by Crippen LogP contribution is 2.76. The van der Waals surface area contributed by atoms with Crippen molar-refractivity contribution in [3.8, 4) is 0 Å². The first-order valence-corrected chi connectivity index (χ1v) is 30.6. The molecule has 26 nitrogen and oxygen atoms in total. The molecule has 10 rings (SSSR count). The average Bonchev–Trinajstić information content (AvgIpc) is 0.688. The van der Waals surface area contributed by atoms with Crippen LogP contribution in [0.4, 0.5) is 0 Å². The number of carbonyl (C=O) groups is 1. The lowest BCUT2D eigenvalue weighted by Gasteiger charge is -2.71. The largest absolute Gasteiger partial charge is 0.432 e. The summed E-state index contributed by atoms with van der Waals surface area (Å²) in [5, 5.41) is 163. The van der Waals surface area contributed by atoms with Crippen LogP contribution in [0.3, 0.4) is 0 Å². The van der Waals surface area contributed by atoms with Crippen molar-refractivity contribution in [2.45, 2.75) is 273 Å². The summed E-state index contributed by atoms with van der Waals surface area (Å²) in [5.41, 5.74) is -1.93. The number of hydrogen-bond acceptors (Lipinski definition) is 26. The summed E-state index contributed by atoms with van der Waals surface area (Å²) < 4.78 is 59.4.